The third kappa shape index (κ3) is 13.2. The molecule has 0 aliphatic rings. The second-order valence-electron chi connectivity index (χ2n) is 17.5. The molecule has 0 bridgehead atoms. The Balaban J connectivity index is 1.36. The molecule has 7 heteroatoms. The molecule has 0 unspecified atom stereocenters. The minimum atomic E-state index is -0.405. The summed E-state index contributed by atoms with van der Waals surface area (Å²) in [6.07, 6.45) is 2.46. The van der Waals surface area contributed by atoms with Crippen molar-refractivity contribution in [2.45, 2.75) is 131 Å². The van der Waals surface area contributed by atoms with Crippen LogP contribution in [0.15, 0.2) is 60.7 Å². The maximum atomic E-state index is 12.9. The van der Waals surface area contributed by atoms with Gasteiger partial charge in [-0.3, -0.25) is 5.32 Å². The standard InChI is InChI=1S/C42H62N4O3/c1-39(2,3)30-22-31(40(4,5)6)25-35(24-30)45-37(47)44-34-18-16-29(17-19-34)28-43-20-14-13-15-21-49-38(48)46-36-26-32(41(7,8)9)23-33(27-36)42(10,11)12/h16-19,22-27,43H,13-15,20-21,28H2,1-12H3,(H,46,48)(H2,44,45,47)/p+1. The molecule has 3 amide bonds. The summed E-state index contributed by atoms with van der Waals surface area (Å²) in [5, 5.41) is 11.2. The Kier molecular flexibility index (Phi) is 13.1. The summed E-state index contributed by atoms with van der Waals surface area (Å²) in [6, 6.07) is 20.4. The molecule has 0 spiro atoms. The minimum Gasteiger partial charge on any atom is -0.449 e. The zero-order valence-corrected chi connectivity index (χ0v) is 32.3. The van der Waals surface area contributed by atoms with Crippen molar-refractivity contribution in [3.05, 3.63) is 88.5 Å². The Bertz CT molecular complexity index is 1480. The summed E-state index contributed by atoms with van der Waals surface area (Å²) in [5.74, 6) is 0. The van der Waals surface area contributed by atoms with Gasteiger partial charge in [-0.15, -0.1) is 0 Å². The number of carbonyl (C=O) groups excluding carboxylic acids is 2. The monoisotopic (exact) mass is 671 g/mol. The molecule has 0 atom stereocenters. The van der Waals surface area contributed by atoms with E-state index in [1.165, 1.54) is 27.8 Å². The van der Waals surface area contributed by atoms with E-state index in [9.17, 15) is 9.59 Å². The molecule has 5 N–H and O–H groups in total. The van der Waals surface area contributed by atoms with Crippen molar-refractivity contribution in [1.82, 2.24) is 0 Å². The normalized spacial score (nSPS) is 12.4. The van der Waals surface area contributed by atoms with E-state index in [0.717, 1.165) is 49.4 Å². The van der Waals surface area contributed by atoms with Crippen molar-refractivity contribution in [2.75, 3.05) is 29.1 Å². The molecule has 0 saturated heterocycles. The molecule has 0 aliphatic carbocycles. The molecule has 3 aromatic carbocycles. The molecule has 268 valence electrons. The topological polar surface area (TPSA) is 96.1 Å². The van der Waals surface area contributed by atoms with Crippen LogP contribution in [0.1, 0.15) is 130 Å². The van der Waals surface area contributed by atoms with Crippen LogP contribution in [-0.2, 0) is 32.9 Å². The average Bonchev–Trinajstić information content (AvgIpc) is 2.97. The lowest BCUT2D eigenvalue weighted by atomic mass is 9.80. The van der Waals surface area contributed by atoms with Crippen molar-refractivity contribution in [1.29, 1.82) is 0 Å². The van der Waals surface area contributed by atoms with Crippen LogP contribution in [0.3, 0.4) is 0 Å². The van der Waals surface area contributed by atoms with E-state index in [1.807, 2.05) is 24.3 Å². The third-order valence-corrected chi connectivity index (χ3v) is 8.71. The van der Waals surface area contributed by atoms with E-state index >= 15 is 0 Å². The van der Waals surface area contributed by atoms with E-state index in [0.29, 0.717) is 6.61 Å². The highest BCUT2D eigenvalue weighted by Gasteiger charge is 2.22. The quantitative estimate of drug-likeness (QED) is 0.153. The Labute approximate surface area is 296 Å². The van der Waals surface area contributed by atoms with Gasteiger partial charge in [0.05, 0.1) is 13.2 Å². The SMILES string of the molecule is CC(C)(C)c1cc(NC(=O)Nc2ccc(C[NH2+]CCCCCOC(=O)Nc3cc(C(C)(C)C)cc(C(C)(C)C)c3)cc2)cc(C(C)(C)C)c1. The van der Waals surface area contributed by atoms with Crippen molar-refractivity contribution >= 4 is 29.2 Å². The highest BCUT2D eigenvalue weighted by molar-refractivity contribution is 5.99. The number of ether oxygens (including phenoxy) is 1. The van der Waals surface area contributed by atoms with Crippen LogP contribution in [0, 0.1) is 0 Å². The van der Waals surface area contributed by atoms with E-state index in [-0.39, 0.29) is 27.7 Å². The fraction of sp³-hybridized carbons (Fsp3) is 0.524. The van der Waals surface area contributed by atoms with Crippen molar-refractivity contribution in [3.63, 3.8) is 0 Å². The van der Waals surface area contributed by atoms with Gasteiger partial charge in [-0.25, -0.2) is 9.59 Å². The van der Waals surface area contributed by atoms with Crippen LogP contribution in [0.25, 0.3) is 0 Å². The molecule has 3 aromatic rings. The Morgan fingerprint density at radius 3 is 1.43 bits per heavy atom. The zero-order valence-electron chi connectivity index (χ0n) is 32.3. The van der Waals surface area contributed by atoms with Crippen molar-refractivity contribution in [3.8, 4) is 0 Å². The molecule has 0 saturated carbocycles. The number of hydrogen-bond donors (Lipinski definition) is 4. The van der Waals surface area contributed by atoms with E-state index in [4.69, 9.17) is 4.74 Å². The number of unbranched alkanes of at least 4 members (excludes halogenated alkanes) is 2. The molecule has 0 fully saturated rings. The number of urea groups is 1. The van der Waals surface area contributed by atoms with Crippen molar-refractivity contribution < 1.29 is 19.6 Å². The maximum absolute atomic E-state index is 12.9. The van der Waals surface area contributed by atoms with Gasteiger partial charge in [0.2, 0.25) is 0 Å². The lowest BCUT2D eigenvalue weighted by Gasteiger charge is -2.26. The summed E-state index contributed by atoms with van der Waals surface area (Å²) < 4.78 is 5.49. The Morgan fingerprint density at radius 1 is 0.551 bits per heavy atom. The molecule has 7 nitrogen and oxygen atoms in total. The fourth-order valence-corrected chi connectivity index (χ4v) is 5.30. The average molecular weight is 672 g/mol. The first-order valence-electron chi connectivity index (χ1n) is 17.9. The lowest BCUT2D eigenvalue weighted by Crippen LogP contribution is -2.82. The predicted molar refractivity (Wildman–Crippen MR) is 206 cm³/mol. The van der Waals surface area contributed by atoms with E-state index in [1.54, 1.807) is 0 Å². The van der Waals surface area contributed by atoms with Crippen LogP contribution in [-0.4, -0.2) is 25.3 Å². The van der Waals surface area contributed by atoms with Gasteiger partial charge in [-0.05, 0) is 99.6 Å². The van der Waals surface area contributed by atoms with Gasteiger partial charge in [0.15, 0.2) is 0 Å². The number of carbonyl (C=O) groups is 2. The molecule has 0 radical (unpaired) electrons. The second-order valence-corrected chi connectivity index (χ2v) is 17.5. The van der Waals surface area contributed by atoms with Crippen LogP contribution in [0.2, 0.25) is 0 Å². The largest absolute Gasteiger partial charge is 0.449 e. The van der Waals surface area contributed by atoms with Crippen LogP contribution in [0.5, 0.6) is 0 Å². The van der Waals surface area contributed by atoms with Gasteiger partial charge in [0.1, 0.15) is 6.54 Å². The lowest BCUT2D eigenvalue weighted by molar-refractivity contribution is -0.671. The smallest absolute Gasteiger partial charge is 0.411 e. The number of amides is 3. The number of nitrogens with two attached hydrogens (primary N) is 1. The maximum Gasteiger partial charge on any atom is 0.411 e. The zero-order chi connectivity index (χ0) is 36.6. The molecular weight excluding hydrogens is 608 g/mol. The molecule has 0 heterocycles. The van der Waals surface area contributed by atoms with Gasteiger partial charge in [-0.1, -0.05) is 107 Å². The Hall–Kier alpha value is -3.84. The van der Waals surface area contributed by atoms with E-state index < -0.39 is 6.09 Å². The summed E-state index contributed by atoms with van der Waals surface area (Å²) in [7, 11) is 0. The first-order chi connectivity index (χ1) is 22.6. The summed E-state index contributed by atoms with van der Waals surface area (Å²) in [6.45, 7) is 28.5. The molecule has 0 aliphatic heterocycles. The number of hydrogen-bond acceptors (Lipinski definition) is 3. The fourth-order valence-electron chi connectivity index (χ4n) is 5.30. The minimum absolute atomic E-state index is 0.0193. The van der Waals surface area contributed by atoms with Crippen LogP contribution < -0.4 is 21.3 Å². The van der Waals surface area contributed by atoms with Crippen LogP contribution >= 0.6 is 0 Å². The van der Waals surface area contributed by atoms with Gasteiger partial charge in [-0.2, -0.15) is 0 Å². The van der Waals surface area contributed by atoms with Gasteiger partial charge >= 0.3 is 12.1 Å². The summed E-state index contributed by atoms with van der Waals surface area (Å²) in [4.78, 5) is 25.4. The van der Waals surface area contributed by atoms with Gasteiger partial charge in [0, 0.05) is 22.6 Å². The summed E-state index contributed by atoms with van der Waals surface area (Å²) in [5.41, 5.74) is 8.21. The number of nitrogens with one attached hydrogen (secondary N) is 3. The number of quaternary nitrogens is 1. The molecule has 0 aromatic heterocycles. The number of rotatable bonds is 11. The third-order valence-electron chi connectivity index (χ3n) is 8.71. The molecular formula is C42H63N4O3+. The van der Waals surface area contributed by atoms with E-state index in [2.05, 4.69) is 141 Å². The number of benzene rings is 3. The molecule has 49 heavy (non-hydrogen) atoms. The highest BCUT2D eigenvalue weighted by Crippen LogP contribution is 2.33. The Morgan fingerprint density at radius 2 is 0.980 bits per heavy atom. The first-order valence-corrected chi connectivity index (χ1v) is 17.9. The van der Waals surface area contributed by atoms with Gasteiger partial charge in [0.25, 0.3) is 0 Å². The highest BCUT2D eigenvalue weighted by atomic mass is 16.5. The van der Waals surface area contributed by atoms with Crippen LogP contribution in [0.4, 0.5) is 26.7 Å². The van der Waals surface area contributed by atoms with Gasteiger partial charge < -0.3 is 20.7 Å². The second kappa shape index (κ2) is 16.2. The predicted octanol–water partition coefficient (Wildman–Crippen LogP) is 10.0. The first kappa shape index (κ1) is 39.6. The number of anilines is 3. The van der Waals surface area contributed by atoms with Crippen molar-refractivity contribution in [2.24, 2.45) is 0 Å². The summed E-state index contributed by atoms with van der Waals surface area (Å²) >= 11 is 0. The molecule has 3 rings (SSSR count).